The van der Waals surface area contributed by atoms with Crippen molar-refractivity contribution in [1.82, 2.24) is 0 Å². The molecule has 0 aromatic rings. The fourth-order valence-corrected chi connectivity index (χ4v) is 0.808. The first-order chi connectivity index (χ1) is 5.55. The molecule has 0 radical (unpaired) electrons. The number of hydrogen-bond acceptors (Lipinski definition) is 3. The Morgan fingerprint density at radius 1 is 1.46 bits per heavy atom. The number of hydrogen-bond donors (Lipinski definition) is 2. The molecule has 4 nitrogen and oxygen atoms in total. The minimum Gasteiger partial charge on any atom is -0.372 e. The Labute approximate surface area is 76.4 Å². The molecule has 0 aliphatic carbocycles. The highest BCUT2D eigenvalue weighted by atomic mass is 35.5. The summed E-state index contributed by atoms with van der Waals surface area (Å²) in [7, 11) is -4.96. The highest BCUT2D eigenvalue weighted by Crippen LogP contribution is 2.29. The van der Waals surface area contributed by atoms with Gasteiger partial charge in [0.25, 0.3) is 10.1 Å². The minimum absolute atomic E-state index is 0.225. The number of rotatable bonds is 2. The molecule has 78 valence electrons. The molecule has 0 rings (SSSR count). The third-order valence-electron chi connectivity index (χ3n) is 0.865. The van der Waals surface area contributed by atoms with Crippen LogP contribution in [-0.4, -0.2) is 29.7 Å². The zero-order valence-corrected chi connectivity index (χ0v) is 7.36. The van der Waals surface area contributed by atoms with Gasteiger partial charge in [-0.05, 0) is 6.08 Å². The van der Waals surface area contributed by atoms with Crippen LogP contribution in [0.2, 0.25) is 0 Å². The Morgan fingerprint density at radius 2 is 1.85 bits per heavy atom. The number of halogens is 4. The highest BCUT2D eigenvalue weighted by molar-refractivity contribution is 7.86. The van der Waals surface area contributed by atoms with Crippen molar-refractivity contribution in [3.8, 4) is 0 Å². The van der Waals surface area contributed by atoms with Crippen LogP contribution in [0.1, 0.15) is 0 Å². The molecule has 0 amide bonds. The Hall–Kier alpha value is -0.310. The minimum atomic E-state index is -4.96. The van der Waals surface area contributed by atoms with E-state index in [0.29, 0.717) is 0 Å². The zero-order valence-electron chi connectivity index (χ0n) is 5.79. The highest BCUT2D eigenvalue weighted by Gasteiger charge is 2.34. The van der Waals surface area contributed by atoms with E-state index in [-0.39, 0.29) is 6.08 Å². The summed E-state index contributed by atoms with van der Waals surface area (Å²) < 4.78 is 62.9. The van der Waals surface area contributed by atoms with E-state index < -0.39 is 26.8 Å². The van der Waals surface area contributed by atoms with Crippen LogP contribution in [0.15, 0.2) is 11.1 Å². The lowest BCUT2D eigenvalue weighted by Gasteiger charge is -2.06. The molecule has 0 aliphatic heterocycles. The maximum Gasteiger partial charge on any atom is 0.426 e. The normalized spacial score (nSPS) is 17.2. The molecule has 0 aliphatic rings. The molecule has 0 aromatic carbocycles. The summed E-state index contributed by atoms with van der Waals surface area (Å²) in [6, 6.07) is 0. The molecule has 0 saturated carbocycles. The summed E-state index contributed by atoms with van der Waals surface area (Å²) in [6.45, 7) is 0. The van der Waals surface area contributed by atoms with Crippen LogP contribution in [-0.2, 0) is 10.1 Å². The van der Waals surface area contributed by atoms with Gasteiger partial charge in [-0.2, -0.15) is 21.6 Å². The fraction of sp³-hybridized carbons (Fsp3) is 0.500. The van der Waals surface area contributed by atoms with E-state index in [1.54, 1.807) is 0 Å². The lowest BCUT2D eigenvalue weighted by molar-refractivity contribution is -0.0850. The Morgan fingerprint density at radius 3 is 2.08 bits per heavy atom. The predicted molar refractivity (Wildman–Crippen MR) is 37.5 cm³/mol. The van der Waals surface area contributed by atoms with Crippen molar-refractivity contribution >= 4 is 21.7 Å². The topological polar surface area (TPSA) is 74.6 Å². The van der Waals surface area contributed by atoms with Gasteiger partial charge >= 0.3 is 6.18 Å². The van der Waals surface area contributed by atoms with Gasteiger partial charge in [0.15, 0.2) is 0 Å². The lowest BCUT2D eigenvalue weighted by atomic mass is 10.5. The maximum absolute atomic E-state index is 11.6. The van der Waals surface area contributed by atoms with Gasteiger partial charge in [-0.3, -0.25) is 4.55 Å². The van der Waals surface area contributed by atoms with Crippen LogP contribution in [0.5, 0.6) is 0 Å². The third kappa shape index (κ3) is 4.46. The number of aliphatic hydroxyl groups is 1. The number of aliphatic hydroxyl groups excluding tert-OH is 1. The first-order valence-electron chi connectivity index (χ1n) is 2.64. The molecule has 2 N–H and O–H groups in total. The molecule has 0 fully saturated rings. The van der Waals surface area contributed by atoms with Gasteiger partial charge in [0, 0.05) is 0 Å². The van der Waals surface area contributed by atoms with Crippen molar-refractivity contribution in [3.05, 3.63) is 11.1 Å². The van der Waals surface area contributed by atoms with Crippen molar-refractivity contribution in [1.29, 1.82) is 0 Å². The molecular formula is C4H4ClF3O4S. The largest absolute Gasteiger partial charge is 0.426 e. The van der Waals surface area contributed by atoms with Crippen molar-refractivity contribution in [2.45, 2.75) is 11.6 Å². The van der Waals surface area contributed by atoms with E-state index in [9.17, 15) is 21.6 Å². The maximum atomic E-state index is 11.6. The van der Waals surface area contributed by atoms with E-state index in [1.807, 2.05) is 0 Å². The molecule has 0 aromatic heterocycles. The van der Waals surface area contributed by atoms with Crippen molar-refractivity contribution in [2.75, 3.05) is 0 Å². The van der Waals surface area contributed by atoms with Crippen LogP contribution in [0, 0.1) is 0 Å². The number of allylic oxidation sites excluding steroid dienone is 1. The second-order valence-corrected chi connectivity index (χ2v) is 3.84. The van der Waals surface area contributed by atoms with E-state index in [0.717, 1.165) is 0 Å². The summed E-state index contributed by atoms with van der Waals surface area (Å²) in [4.78, 5) is 0. The van der Waals surface area contributed by atoms with Crippen LogP contribution in [0.3, 0.4) is 0 Å². The standard InChI is InChI=1S/C4H4ClF3O4S/c5-2(4(6,7)8)1-3(9)13(10,11)12/h1,3,9H,(H,10,11,12). The Bertz CT molecular complexity index is 306. The molecule has 1 atom stereocenters. The predicted octanol–water partition coefficient (Wildman–Crippen LogP) is 0.878. The van der Waals surface area contributed by atoms with E-state index >= 15 is 0 Å². The van der Waals surface area contributed by atoms with E-state index in [1.165, 1.54) is 0 Å². The first kappa shape index (κ1) is 12.7. The van der Waals surface area contributed by atoms with Crippen molar-refractivity contribution in [3.63, 3.8) is 0 Å². The monoisotopic (exact) mass is 240 g/mol. The molecule has 9 heteroatoms. The Kier molecular flexibility index (Phi) is 3.73. The SMILES string of the molecule is O=S(=O)(O)C(O)C=C(Cl)C(F)(F)F. The van der Waals surface area contributed by atoms with Gasteiger partial charge in [0.2, 0.25) is 5.44 Å². The smallest absolute Gasteiger partial charge is 0.372 e. The van der Waals surface area contributed by atoms with Gasteiger partial charge in [-0.25, -0.2) is 0 Å². The van der Waals surface area contributed by atoms with Gasteiger partial charge in [-0.1, -0.05) is 11.6 Å². The quantitative estimate of drug-likeness (QED) is 0.703. The van der Waals surface area contributed by atoms with Gasteiger partial charge in [-0.15, -0.1) is 0 Å². The molecule has 0 bridgehead atoms. The van der Waals surface area contributed by atoms with Crippen LogP contribution >= 0.6 is 11.6 Å². The van der Waals surface area contributed by atoms with Gasteiger partial charge in [0.1, 0.15) is 5.03 Å². The summed E-state index contributed by atoms with van der Waals surface area (Å²) in [5, 5.41) is 6.60. The number of alkyl halides is 3. The molecule has 1 unspecified atom stereocenters. The van der Waals surface area contributed by atoms with Gasteiger partial charge < -0.3 is 5.11 Å². The summed E-state index contributed by atoms with van der Waals surface area (Å²) in [6.07, 6.45) is -5.18. The van der Waals surface area contributed by atoms with Crippen LogP contribution in [0.25, 0.3) is 0 Å². The second-order valence-electron chi connectivity index (χ2n) is 1.92. The van der Waals surface area contributed by atoms with Crippen molar-refractivity contribution in [2.24, 2.45) is 0 Å². The molecular weight excluding hydrogens is 237 g/mol. The summed E-state index contributed by atoms with van der Waals surface area (Å²) in [5.41, 5.74) is -2.68. The lowest BCUT2D eigenvalue weighted by Crippen LogP contribution is -2.19. The summed E-state index contributed by atoms with van der Waals surface area (Å²) in [5.74, 6) is 0. The third-order valence-corrected chi connectivity index (χ3v) is 1.95. The molecule has 13 heavy (non-hydrogen) atoms. The van der Waals surface area contributed by atoms with Crippen LogP contribution < -0.4 is 0 Å². The second kappa shape index (κ2) is 3.82. The van der Waals surface area contributed by atoms with E-state index in [2.05, 4.69) is 11.6 Å². The molecule has 0 saturated heterocycles. The van der Waals surface area contributed by atoms with Crippen LogP contribution in [0.4, 0.5) is 13.2 Å². The van der Waals surface area contributed by atoms with E-state index in [4.69, 9.17) is 9.66 Å². The summed E-state index contributed by atoms with van der Waals surface area (Å²) >= 11 is 4.56. The van der Waals surface area contributed by atoms with Crippen molar-refractivity contribution < 1.29 is 31.2 Å². The fourth-order valence-electron chi connectivity index (χ4n) is 0.306. The molecule has 0 heterocycles. The first-order valence-corrected chi connectivity index (χ1v) is 4.52. The Balaban J connectivity index is 4.80. The average Bonchev–Trinajstić information content (AvgIpc) is 1.82. The molecule has 0 spiro atoms. The van der Waals surface area contributed by atoms with Gasteiger partial charge in [0.05, 0.1) is 0 Å². The average molecular weight is 241 g/mol. The zero-order chi connectivity index (χ0) is 10.9.